The minimum Gasteiger partial charge on any atom is -0.377 e. The van der Waals surface area contributed by atoms with E-state index in [2.05, 4.69) is 15.3 Å². The molecule has 4 nitrogen and oxygen atoms in total. The Morgan fingerprint density at radius 1 is 1.33 bits per heavy atom. The average Bonchev–Trinajstić information content (AvgIpc) is 2.63. The number of aromatic nitrogens is 3. The summed E-state index contributed by atoms with van der Waals surface area (Å²) in [5.41, 5.74) is 2.04. The molecule has 2 heterocycles. The highest BCUT2D eigenvalue weighted by Gasteiger charge is 1.98. The van der Waals surface area contributed by atoms with Gasteiger partial charge >= 0.3 is 0 Å². The molecule has 0 saturated heterocycles. The van der Waals surface area contributed by atoms with Gasteiger partial charge in [-0.1, -0.05) is 0 Å². The number of hydrogen-bond donors (Lipinski definition) is 1. The summed E-state index contributed by atoms with van der Waals surface area (Å²) in [5.74, 6) is 1.01. The Kier molecular flexibility index (Phi) is 2.67. The van der Waals surface area contributed by atoms with Crippen molar-refractivity contribution in [1.82, 2.24) is 14.5 Å². The molecule has 0 aliphatic carbocycles. The second-order valence-corrected chi connectivity index (χ2v) is 3.50. The van der Waals surface area contributed by atoms with Gasteiger partial charge in [0.1, 0.15) is 5.82 Å². The van der Waals surface area contributed by atoms with Crippen molar-refractivity contribution in [2.75, 3.05) is 5.32 Å². The maximum Gasteiger partial charge on any atom is 0.127 e. The summed E-state index contributed by atoms with van der Waals surface area (Å²) in [6.07, 6.45) is 5.56. The van der Waals surface area contributed by atoms with E-state index in [1.807, 2.05) is 43.1 Å². The van der Waals surface area contributed by atoms with Crippen molar-refractivity contribution in [3.8, 4) is 0 Å². The number of nitrogens with zero attached hydrogens (tertiary/aromatic N) is 3. The lowest BCUT2D eigenvalue weighted by molar-refractivity contribution is 0.812. The number of rotatable bonds is 3. The molecule has 2 aromatic heterocycles. The fraction of sp³-hybridized carbons (Fsp3) is 0.273. The molecule has 1 N–H and O–H groups in total. The van der Waals surface area contributed by atoms with Crippen LogP contribution < -0.4 is 5.32 Å². The van der Waals surface area contributed by atoms with E-state index in [1.54, 1.807) is 6.20 Å². The van der Waals surface area contributed by atoms with Gasteiger partial charge in [0, 0.05) is 25.1 Å². The first-order chi connectivity index (χ1) is 7.25. The molecular weight excluding hydrogens is 188 g/mol. The topological polar surface area (TPSA) is 42.7 Å². The number of hydrogen-bond acceptors (Lipinski definition) is 3. The Labute approximate surface area is 89.0 Å². The molecule has 2 rings (SSSR count). The molecule has 78 valence electrons. The maximum atomic E-state index is 4.23. The van der Waals surface area contributed by atoms with Gasteiger partial charge in [0.15, 0.2) is 0 Å². The Balaban J connectivity index is 1.99. The fourth-order valence-electron chi connectivity index (χ4n) is 1.32. The SMILES string of the molecule is Cc1ccc(NCc2nccn2C)cn1. The standard InChI is InChI=1S/C11H14N4/c1-9-3-4-10(7-13-9)14-8-11-12-5-6-15(11)2/h3-7,14H,8H2,1-2H3. The Bertz CT molecular complexity index is 430. The second-order valence-electron chi connectivity index (χ2n) is 3.50. The highest BCUT2D eigenvalue weighted by Crippen LogP contribution is 2.07. The normalized spacial score (nSPS) is 10.3. The summed E-state index contributed by atoms with van der Waals surface area (Å²) in [6, 6.07) is 4.01. The van der Waals surface area contributed by atoms with Gasteiger partial charge in [-0.2, -0.15) is 0 Å². The molecule has 0 aliphatic heterocycles. The van der Waals surface area contributed by atoms with Crippen LogP contribution in [-0.4, -0.2) is 14.5 Å². The first kappa shape index (κ1) is 9.71. The Morgan fingerprint density at radius 3 is 2.80 bits per heavy atom. The third-order valence-corrected chi connectivity index (χ3v) is 2.28. The van der Waals surface area contributed by atoms with Gasteiger partial charge < -0.3 is 9.88 Å². The molecule has 0 atom stereocenters. The van der Waals surface area contributed by atoms with E-state index in [0.29, 0.717) is 6.54 Å². The number of aryl methyl sites for hydroxylation is 2. The molecule has 4 heteroatoms. The van der Waals surface area contributed by atoms with Crippen molar-refractivity contribution in [2.24, 2.45) is 7.05 Å². The first-order valence-corrected chi connectivity index (χ1v) is 4.88. The number of nitrogens with one attached hydrogen (secondary N) is 1. The highest BCUT2D eigenvalue weighted by molar-refractivity contribution is 5.40. The Morgan fingerprint density at radius 2 is 2.20 bits per heavy atom. The van der Waals surface area contributed by atoms with Gasteiger partial charge in [0.05, 0.1) is 18.4 Å². The predicted octanol–water partition coefficient (Wildman–Crippen LogP) is 1.74. The number of pyridine rings is 1. The minimum absolute atomic E-state index is 0.717. The smallest absolute Gasteiger partial charge is 0.127 e. The molecule has 2 aromatic rings. The zero-order valence-corrected chi connectivity index (χ0v) is 8.94. The Hall–Kier alpha value is -1.84. The van der Waals surface area contributed by atoms with E-state index >= 15 is 0 Å². The van der Waals surface area contributed by atoms with E-state index in [0.717, 1.165) is 17.2 Å². The molecule has 15 heavy (non-hydrogen) atoms. The lowest BCUT2D eigenvalue weighted by atomic mass is 10.3. The zero-order chi connectivity index (χ0) is 10.7. The lowest BCUT2D eigenvalue weighted by Crippen LogP contribution is -2.05. The summed E-state index contributed by atoms with van der Waals surface area (Å²) in [6.45, 7) is 2.69. The molecule has 0 unspecified atom stereocenters. The van der Waals surface area contributed by atoms with E-state index in [-0.39, 0.29) is 0 Å². The van der Waals surface area contributed by atoms with Crippen LogP contribution in [0.15, 0.2) is 30.7 Å². The van der Waals surface area contributed by atoms with Gasteiger partial charge in [0.2, 0.25) is 0 Å². The molecule has 0 spiro atoms. The maximum absolute atomic E-state index is 4.23. The van der Waals surface area contributed by atoms with E-state index < -0.39 is 0 Å². The fourth-order valence-corrected chi connectivity index (χ4v) is 1.32. The first-order valence-electron chi connectivity index (χ1n) is 4.88. The van der Waals surface area contributed by atoms with Gasteiger partial charge in [0.25, 0.3) is 0 Å². The van der Waals surface area contributed by atoms with Crippen LogP contribution in [-0.2, 0) is 13.6 Å². The largest absolute Gasteiger partial charge is 0.377 e. The summed E-state index contributed by atoms with van der Waals surface area (Å²) in [5, 5.41) is 3.27. The highest BCUT2D eigenvalue weighted by atomic mass is 15.1. The van der Waals surface area contributed by atoms with Gasteiger partial charge in [-0.3, -0.25) is 4.98 Å². The van der Waals surface area contributed by atoms with Crippen LogP contribution in [0, 0.1) is 6.92 Å². The second kappa shape index (κ2) is 4.13. The minimum atomic E-state index is 0.717. The van der Waals surface area contributed by atoms with Gasteiger partial charge in [-0.05, 0) is 19.1 Å². The zero-order valence-electron chi connectivity index (χ0n) is 8.94. The number of imidazole rings is 1. The predicted molar refractivity (Wildman–Crippen MR) is 59.5 cm³/mol. The van der Waals surface area contributed by atoms with Crippen LogP contribution in [0.3, 0.4) is 0 Å². The molecule has 0 bridgehead atoms. The van der Waals surface area contributed by atoms with Crippen LogP contribution in [0.25, 0.3) is 0 Å². The molecule has 0 saturated carbocycles. The van der Waals surface area contributed by atoms with Crippen molar-refractivity contribution in [3.05, 3.63) is 42.2 Å². The van der Waals surface area contributed by atoms with Gasteiger partial charge in [-0.25, -0.2) is 4.98 Å². The van der Waals surface area contributed by atoms with Crippen LogP contribution in [0.2, 0.25) is 0 Å². The lowest BCUT2D eigenvalue weighted by Gasteiger charge is -2.05. The van der Waals surface area contributed by atoms with Crippen molar-refractivity contribution < 1.29 is 0 Å². The number of anilines is 1. The van der Waals surface area contributed by atoms with Crippen LogP contribution in [0.5, 0.6) is 0 Å². The van der Waals surface area contributed by atoms with E-state index in [1.165, 1.54) is 0 Å². The van der Waals surface area contributed by atoms with E-state index in [4.69, 9.17) is 0 Å². The molecule has 0 aliphatic rings. The molecule has 0 fully saturated rings. The average molecular weight is 202 g/mol. The third-order valence-electron chi connectivity index (χ3n) is 2.28. The third kappa shape index (κ3) is 2.34. The summed E-state index contributed by atoms with van der Waals surface area (Å²) < 4.78 is 1.99. The molecular formula is C11H14N4. The van der Waals surface area contributed by atoms with Crippen molar-refractivity contribution in [3.63, 3.8) is 0 Å². The van der Waals surface area contributed by atoms with Gasteiger partial charge in [-0.15, -0.1) is 0 Å². The summed E-state index contributed by atoms with van der Waals surface area (Å²) in [7, 11) is 1.98. The van der Waals surface area contributed by atoms with Crippen molar-refractivity contribution in [1.29, 1.82) is 0 Å². The molecule has 0 amide bonds. The summed E-state index contributed by atoms with van der Waals surface area (Å²) in [4.78, 5) is 8.44. The van der Waals surface area contributed by atoms with Crippen LogP contribution in [0.4, 0.5) is 5.69 Å². The molecule has 0 radical (unpaired) electrons. The summed E-state index contributed by atoms with van der Waals surface area (Å²) >= 11 is 0. The van der Waals surface area contributed by atoms with Crippen LogP contribution in [0.1, 0.15) is 11.5 Å². The molecule has 0 aromatic carbocycles. The quantitative estimate of drug-likeness (QED) is 0.824. The van der Waals surface area contributed by atoms with Crippen molar-refractivity contribution in [2.45, 2.75) is 13.5 Å². The van der Waals surface area contributed by atoms with E-state index in [9.17, 15) is 0 Å². The van der Waals surface area contributed by atoms with Crippen molar-refractivity contribution >= 4 is 5.69 Å². The monoisotopic (exact) mass is 202 g/mol. The van der Waals surface area contributed by atoms with Crippen LogP contribution >= 0.6 is 0 Å².